The molecule has 0 radical (unpaired) electrons. The number of nitro benzene ring substituents is 1. The predicted molar refractivity (Wildman–Crippen MR) is 88.0 cm³/mol. The lowest BCUT2D eigenvalue weighted by atomic mass is 10.2. The number of hydrogen-bond acceptors (Lipinski definition) is 7. The number of carbonyl (C=O) groups excluding carboxylic acids is 2. The summed E-state index contributed by atoms with van der Waals surface area (Å²) < 4.78 is 41.7. The highest BCUT2D eigenvalue weighted by Gasteiger charge is 2.37. The first-order valence-corrected chi connectivity index (χ1v) is 7.80. The Hall–Kier alpha value is -2.42. The fourth-order valence-electron chi connectivity index (χ4n) is 2.09. The van der Waals surface area contributed by atoms with Crippen molar-refractivity contribution >= 4 is 45.8 Å². The van der Waals surface area contributed by atoms with E-state index in [0.717, 1.165) is 18.2 Å². The van der Waals surface area contributed by atoms with Gasteiger partial charge in [0.1, 0.15) is 5.70 Å². The number of aliphatic hydroxyl groups is 1. The minimum atomic E-state index is -5.14. The van der Waals surface area contributed by atoms with Gasteiger partial charge in [0.2, 0.25) is 0 Å². The third kappa shape index (κ3) is 4.40. The van der Waals surface area contributed by atoms with Gasteiger partial charge in [0.05, 0.1) is 18.1 Å². The minimum absolute atomic E-state index is 0.0869. The smallest absolute Gasteiger partial charge is 0.403 e. The van der Waals surface area contributed by atoms with Crippen LogP contribution in [-0.2, 0) is 9.59 Å². The Morgan fingerprint density at radius 2 is 2.00 bits per heavy atom. The van der Waals surface area contributed by atoms with Crippen molar-refractivity contribution in [1.29, 1.82) is 0 Å². The number of aliphatic hydroxyl groups excluding tert-OH is 1. The molecule has 0 bridgehead atoms. The molecule has 2 rings (SSSR count). The van der Waals surface area contributed by atoms with E-state index in [1.54, 1.807) is 22.6 Å². The van der Waals surface area contributed by atoms with Crippen LogP contribution < -0.4 is 10.1 Å². The molecule has 0 aliphatic carbocycles. The van der Waals surface area contributed by atoms with Crippen LogP contribution in [0.25, 0.3) is 0 Å². The van der Waals surface area contributed by atoms with Gasteiger partial charge in [0, 0.05) is 15.7 Å². The quantitative estimate of drug-likeness (QED) is 0.272. The molecule has 1 aliphatic heterocycles. The van der Waals surface area contributed by atoms with Gasteiger partial charge in [0.15, 0.2) is 11.4 Å². The van der Waals surface area contributed by atoms with Crippen LogP contribution in [0.3, 0.4) is 0 Å². The molecule has 0 unspecified atom stereocenters. The van der Waals surface area contributed by atoms with Crippen LogP contribution >= 0.6 is 22.6 Å². The molecule has 1 aromatic rings. The second-order valence-electron chi connectivity index (χ2n) is 4.80. The monoisotopic (exact) mass is 487 g/mol. The number of carbonyl (C=O) groups is 2. The molecule has 0 atom stereocenters. The van der Waals surface area contributed by atoms with Gasteiger partial charge < -0.3 is 15.2 Å². The number of ether oxygens (including phenoxy) is 1. The van der Waals surface area contributed by atoms with Crippen molar-refractivity contribution in [2.24, 2.45) is 0 Å². The van der Waals surface area contributed by atoms with Gasteiger partial charge >= 0.3 is 6.36 Å². The number of β-amino-alcohol motifs (C(OH)–C–C–N with tert-alkyl or cyclic N) is 1. The summed E-state index contributed by atoms with van der Waals surface area (Å²) in [5, 5.41) is 22.2. The molecule has 2 N–H and O–H groups in total. The van der Waals surface area contributed by atoms with Crippen LogP contribution in [0.5, 0.6) is 5.75 Å². The van der Waals surface area contributed by atoms with Crippen molar-refractivity contribution in [3.8, 4) is 5.75 Å². The van der Waals surface area contributed by atoms with E-state index in [4.69, 9.17) is 5.11 Å². The molecule has 1 heterocycles. The second-order valence-corrected chi connectivity index (χ2v) is 6.05. The fourth-order valence-corrected chi connectivity index (χ4v) is 2.67. The zero-order valence-electron chi connectivity index (χ0n) is 12.5. The number of amides is 2. The lowest BCUT2D eigenvalue weighted by Gasteiger charge is -2.16. The Labute approximate surface area is 156 Å². The van der Waals surface area contributed by atoms with Crippen LogP contribution in [0.2, 0.25) is 0 Å². The Balaban J connectivity index is 2.48. The van der Waals surface area contributed by atoms with Crippen LogP contribution in [0.1, 0.15) is 0 Å². The maximum absolute atomic E-state index is 12.6. The summed E-state index contributed by atoms with van der Waals surface area (Å²) in [4.78, 5) is 34.6. The first-order chi connectivity index (χ1) is 12.0. The van der Waals surface area contributed by atoms with Crippen molar-refractivity contribution in [3.63, 3.8) is 0 Å². The fraction of sp³-hybridized carbons (Fsp3) is 0.231. The maximum atomic E-state index is 12.6. The average molecular weight is 487 g/mol. The normalized spacial score (nSPS) is 14.5. The highest BCUT2D eigenvalue weighted by molar-refractivity contribution is 14.1. The number of halogens is 4. The number of rotatable bonds is 6. The van der Waals surface area contributed by atoms with E-state index >= 15 is 0 Å². The Morgan fingerprint density at radius 1 is 1.35 bits per heavy atom. The van der Waals surface area contributed by atoms with E-state index in [0.29, 0.717) is 4.90 Å². The first kappa shape index (κ1) is 19.9. The molecule has 13 heteroatoms. The molecule has 1 aliphatic rings. The number of alkyl halides is 3. The Kier molecular flexibility index (Phi) is 5.70. The van der Waals surface area contributed by atoms with Gasteiger partial charge in [-0.05, 0) is 28.7 Å². The summed E-state index contributed by atoms with van der Waals surface area (Å²) in [5.74, 6) is -2.70. The van der Waals surface area contributed by atoms with Crippen LogP contribution in [0.4, 0.5) is 24.5 Å². The average Bonchev–Trinajstić information content (AvgIpc) is 2.75. The zero-order valence-corrected chi connectivity index (χ0v) is 14.7. The Morgan fingerprint density at radius 3 is 2.54 bits per heavy atom. The molecule has 0 spiro atoms. The van der Waals surface area contributed by atoms with Crippen LogP contribution in [0.15, 0.2) is 23.9 Å². The molecule has 0 saturated carbocycles. The summed E-state index contributed by atoms with van der Waals surface area (Å²) >= 11 is 1.57. The van der Waals surface area contributed by atoms with E-state index in [2.05, 4.69) is 10.1 Å². The molecule has 9 nitrogen and oxygen atoms in total. The summed E-state index contributed by atoms with van der Waals surface area (Å²) in [6.07, 6.45) is -4.38. The maximum Gasteiger partial charge on any atom is 0.573 e. The van der Waals surface area contributed by atoms with E-state index in [9.17, 15) is 32.9 Å². The number of anilines is 1. The van der Waals surface area contributed by atoms with Gasteiger partial charge in [0.25, 0.3) is 17.5 Å². The third-order valence-electron chi connectivity index (χ3n) is 3.06. The van der Waals surface area contributed by atoms with Gasteiger partial charge in [-0.25, -0.2) is 0 Å². The second kappa shape index (κ2) is 7.45. The topological polar surface area (TPSA) is 122 Å². The SMILES string of the molecule is O=C1C=C(Nc2c(OC(F)(F)F)cc(I)cc2[N+](=O)[O-])C(=O)N1CCO. The first-order valence-electron chi connectivity index (χ1n) is 6.72. The van der Waals surface area contributed by atoms with Crippen molar-refractivity contribution in [3.05, 3.63) is 37.6 Å². The minimum Gasteiger partial charge on any atom is -0.403 e. The standard InChI is InChI=1S/C13H9F3IN3O6/c14-13(15,16)26-9-4-6(17)3-8(20(24)25)11(9)18-7-5-10(22)19(1-2-21)12(7)23/h3-5,18,21H,1-2H2. The molecular formula is C13H9F3IN3O6. The number of nitro groups is 1. The van der Waals surface area contributed by atoms with E-state index < -0.39 is 52.5 Å². The van der Waals surface area contributed by atoms with Gasteiger partial charge in [-0.15, -0.1) is 13.2 Å². The van der Waals surface area contributed by atoms with Crippen molar-refractivity contribution in [1.82, 2.24) is 4.90 Å². The van der Waals surface area contributed by atoms with E-state index in [1.165, 1.54) is 0 Å². The lowest BCUT2D eigenvalue weighted by Crippen LogP contribution is -2.34. The Bertz CT molecular complexity index is 811. The number of benzene rings is 1. The predicted octanol–water partition coefficient (Wildman–Crippen LogP) is 1.75. The summed E-state index contributed by atoms with van der Waals surface area (Å²) in [7, 11) is 0. The molecule has 0 fully saturated rings. The highest BCUT2D eigenvalue weighted by Crippen LogP contribution is 2.40. The highest BCUT2D eigenvalue weighted by atomic mass is 127. The molecule has 140 valence electrons. The van der Waals surface area contributed by atoms with Crippen molar-refractivity contribution in [2.75, 3.05) is 18.5 Å². The van der Waals surface area contributed by atoms with Gasteiger partial charge in [-0.1, -0.05) is 0 Å². The molecule has 26 heavy (non-hydrogen) atoms. The molecule has 0 aromatic heterocycles. The molecule has 2 amide bonds. The number of imide groups is 1. The van der Waals surface area contributed by atoms with Crippen LogP contribution in [-0.4, -0.2) is 46.3 Å². The largest absolute Gasteiger partial charge is 0.573 e. The van der Waals surface area contributed by atoms with Crippen molar-refractivity contribution in [2.45, 2.75) is 6.36 Å². The number of hydrogen-bond donors (Lipinski definition) is 2. The summed E-state index contributed by atoms with van der Waals surface area (Å²) in [6.45, 7) is -0.856. The third-order valence-corrected chi connectivity index (χ3v) is 3.68. The number of nitrogens with zero attached hydrogens (tertiary/aromatic N) is 2. The van der Waals surface area contributed by atoms with E-state index in [-0.39, 0.29) is 10.1 Å². The summed E-state index contributed by atoms with van der Waals surface area (Å²) in [5.41, 5.74) is -2.00. The molecule has 0 saturated heterocycles. The van der Waals surface area contributed by atoms with Crippen LogP contribution in [0, 0.1) is 13.7 Å². The zero-order chi connectivity index (χ0) is 19.6. The molecular weight excluding hydrogens is 478 g/mol. The van der Waals surface area contributed by atoms with Crippen molar-refractivity contribution < 1.29 is 37.5 Å². The van der Waals surface area contributed by atoms with E-state index in [1.807, 2.05) is 0 Å². The molecule has 1 aromatic carbocycles. The lowest BCUT2D eigenvalue weighted by molar-refractivity contribution is -0.384. The van der Waals surface area contributed by atoms with Gasteiger partial charge in [-0.2, -0.15) is 0 Å². The van der Waals surface area contributed by atoms with Gasteiger partial charge in [-0.3, -0.25) is 24.6 Å². The summed E-state index contributed by atoms with van der Waals surface area (Å²) in [6, 6.07) is 1.86. The number of nitrogens with one attached hydrogen (secondary N) is 1.